The van der Waals surface area contributed by atoms with E-state index >= 15 is 0 Å². The van der Waals surface area contributed by atoms with Gasteiger partial charge in [0.2, 0.25) is 11.8 Å². The number of carbonyl (C=O) groups is 2. The Morgan fingerprint density at radius 1 is 1.14 bits per heavy atom. The van der Waals surface area contributed by atoms with Crippen LogP contribution in [0.3, 0.4) is 0 Å². The van der Waals surface area contributed by atoms with Gasteiger partial charge in [-0.15, -0.1) is 0 Å². The molecule has 0 unspecified atom stereocenters. The molecule has 0 aliphatic heterocycles. The normalized spacial score (nSPS) is 11.4. The molecule has 122 valence electrons. The number of carbonyl (C=O) groups excluding carboxylic acids is 2. The van der Waals surface area contributed by atoms with Gasteiger partial charge in [-0.1, -0.05) is 29.8 Å². The van der Waals surface area contributed by atoms with Crippen LogP contribution in [-0.4, -0.2) is 43.9 Å². The second kappa shape index (κ2) is 7.94. The Morgan fingerprint density at radius 3 is 2.36 bits per heavy atom. The summed E-state index contributed by atoms with van der Waals surface area (Å²) in [6, 6.07) is 7.94. The minimum Gasteiger partial charge on any atom is -0.354 e. The van der Waals surface area contributed by atoms with E-state index in [1.807, 2.05) is 50.2 Å². The first-order valence-electron chi connectivity index (χ1n) is 7.50. The van der Waals surface area contributed by atoms with Crippen LogP contribution in [0.1, 0.15) is 25.0 Å². The maximum Gasteiger partial charge on any atom is 0.235 e. The summed E-state index contributed by atoms with van der Waals surface area (Å²) in [7, 11) is 3.87. The molecule has 0 saturated heterocycles. The summed E-state index contributed by atoms with van der Waals surface area (Å²) in [4.78, 5) is 26.4. The first-order valence-corrected chi connectivity index (χ1v) is 7.50. The van der Waals surface area contributed by atoms with E-state index in [0.717, 1.165) is 17.7 Å². The standard InChI is InChI=1S/C17H27N3O2/c1-13-7-6-8-14(11-13)12-19-16(22)17(2,3)15(21)18-9-10-20(4)5/h6-8,11H,9-10,12H2,1-5H3,(H,18,21)(H,19,22). The SMILES string of the molecule is Cc1cccc(CNC(=O)C(C)(C)C(=O)NCCN(C)C)c1. The predicted molar refractivity (Wildman–Crippen MR) is 88.4 cm³/mol. The molecule has 0 fully saturated rings. The van der Waals surface area contributed by atoms with E-state index in [4.69, 9.17) is 0 Å². The van der Waals surface area contributed by atoms with Gasteiger partial charge in [0.05, 0.1) is 0 Å². The zero-order valence-corrected chi connectivity index (χ0v) is 14.2. The van der Waals surface area contributed by atoms with E-state index in [0.29, 0.717) is 13.1 Å². The van der Waals surface area contributed by atoms with Gasteiger partial charge in [0, 0.05) is 19.6 Å². The Labute approximate surface area is 133 Å². The molecule has 0 bridgehead atoms. The average Bonchev–Trinajstić information content (AvgIpc) is 2.44. The topological polar surface area (TPSA) is 61.4 Å². The zero-order valence-electron chi connectivity index (χ0n) is 14.2. The minimum absolute atomic E-state index is 0.254. The molecule has 5 heteroatoms. The third kappa shape index (κ3) is 5.48. The molecule has 0 aliphatic rings. The van der Waals surface area contributed by atoms with Crippen molar-refractivity contribution in [3.8, 4) is 0 Å². The van der Waals surface area contributed by atoms with Crippen LogP contribution in [0.25, 0.3) is 0 Å². The van der Waals surface area contributed by atoms with Crippen LogP contribution in [0.2, 0.25) is 0 Å². The highest BCUT2D eigenvalue weighted by Crippen LogP contribution is 2.15. The Hall–Kier alpha value is -1.88. The molecule has 1 aromatic carbocycles. The van der Waals surface area contributed by atoms with E-state index < -0.39 is 5.41 Å². The van der Waals surface area contributed by atoms with Gasteiger partial charge in [-0.05, 0) is 40.4 Å². The van der Waals surface area contributed by atoms with Crippen molar-refractivity contribution in [1.29, 1.82) is 0 Å². The maximum atomic E-state index is 12.3. The maximum absolute atomic E-state index is 12.3. The van der Waals surface area contributed by atoms with Crippen molar-refractivity contribution in [2.45, 2.75) is 27.3 Å². The summed E-state index contributed by atoms with van der Waals surface area (Å²) < 4.78 is 0. The van der Waals surface area contributed by atoms with Gasteiger partial charge in [-0.2, -0.15) is 0 Å². The summed E-state index contributed by atoms with van der Waals surface area (Å²) in [5.41, 5.74) is 1.08. The fourth-order valence-electron chi connectivity index (χ4n) is 1.94. The van der Waals surface area contributed by atoms with Crippen molar-refractivity contribution in [2.24, 2.45) is 5.41 Å². The highest BCUT2D eigenvalue weighted by Gasteiger charge is 2.35. The van der Waals surface area contributed by atoms with Crippen molar-refractivity contribution in [3.05, 3.63) is 35.4 Å². The van der Waals surface area contributed by atoms with Crippen molar-refractivity contribution < 1.29 is 9.59 Å². The molecule has 0 aliphatic carbocycles. The first-order chi connectivity index (χ1) is 10.2. The number of nitrogens with one attached hydrogen (secondary N) is 2. The largest absolute Gasteiger partial charge is 0.354 e. The van der Waals surface area contributed by atoms with Gasteiger partial charge < -0.3 is 15.5 Å². The smallest absolute Gasteiger partial charge is 0.235 e. The number of likely N-dealkylation sites (N-methyl/N-ethyl adjacent to an activating group) is 1. The number of benzene rings is 1. The third-order valence-corrected chi connectivity index (χ3v) is 3.52. The molecule has 0 radical (unpaired) electrons. The van der Waals surface area contributed by atoms with E-state index in [2.05, 4.69) is 10.6 Å². The molecule has 0 atom stereocenters. The number of hydrogen-bond acceptors (Lipinski definition) is 3. The van der Waals surface area contributed by atoms with Crippen LogP contribution in [0.15, 0.2) is 24.3 Å². The highest BCUT2D eigenvalue weighted by molar-refractivity contribution is 6.04. The van der Waals surface area contributed by atoms with Gasteiger partial charge in [-0.3, -0.25) is 9.59 Å². The van der Waals surface area contributed by atoms with Gasteiger partial charge in [-0.25, -0.2) is 0 Å². The van der Waals surface area contributed by atoms with Gasteiger partial charge >= 0.3 is 0 Å². The lowest BCUT2D eigenvalue weighted by Crippen LogP contribution is -2.48. The molecule has 0 spiro atoms. The predicted octanol–water partition coefficient (Wildman–Crippen LogP) is 1.32. The number of nitrogens with zero attached hydrogens (tertiary/aromatic N) is 1. The van der Waals surface area contributed by atoms with E-state index in [-0.39, 0.29) is 11.8 Å². The summed E-state index contributed by atoms with van der Waals surface area (Å²) >= 11 is 0. The van der Waals surface area contributed by atoms with Crippen molar-refractivity contribution in [3.63, 3.8) is 0 Å². The molecule has 5 nitrogen and oxygen atoms in total. The lowest BCUT2D eigenvalue weighted by atomic mass is 9.91. The Bertz CT molecular complexity index is 524. The van der Waals surface area contributed by atoms with E-state index in [9.17, 15) is 9.59 Å². The lowest BCUT2D eigenvalue weighted by molar-refractivity contribution is -0.141. The molecule has 2 N–H and O–H groups in total. The molecule has 1 rings (SSSR count). The quantitative estimate of drug-likeness (QED) is 0.747. The Kier molecular flexibility index (Phi) is 6.56. The van der Waals surface area contributed by atoms with Gasteiger partial charge in [0.15, 0.2) is 0 Å². The fourth-order valence-corrected chi connectivity index (χ4v) is 1.94. The second-order valence-electron chi connectivity index (χ2n) is 6.36. The summed E-state index contributed by atoms with van der Waals surface area (Å²) in [6.07, 6.45) is 0. The summed E-state index contributed by atoms with van der Waals surface area (Å²) in [5.74, 6) is -0.521. The first kappa shape index (κ1) is 18.2. The van der Waals surface area contributed by atoms with Crippen LogP contribution in [0.4, 0.5) is 0 Å². The molecule has 0 heterocycles. The minimum atomic E-state index is -1.09. The van der Waals surface area contributed by atoms with Gasteiger partial charge in [0.1, 0.15) is 5.41 Å². The lowest BCUT2D eigenvalue weighted by Gasteiger charge is -2.23. The van der Waals surface area contributed by atoms with Gasteiger partial charge in [0.25, 0.3) is 0 Å². The molecule has 22 heavy (non-hydrogen) atoms. The van der Waals surface area contributed by atoms with E-state index in [1.54, 1.807) is 13.8 Å². The third-order valence-electron chi connectivity index (χ3n) is 3.52. The molecule has 1 aromatic rings. The van der Waals surface area contributed by atoms with Crippen LogP contribution < -0.4 is 10.6 Å². The van der Waals surface area contributed by atoms with Crippen LogP contribution in [0, 0.1) is 12.3 Å². The van der Waals surface area contributed by atoms with Crippen LogP contribution in [0.5, 0.6) is 0 Å². The van der Waals surface area contributed by atoms with E-state index in [1.165, 1.54) is 0 Å². The molecular weight excluding hydrogens is 278 g/mol. The summed E-state index contributed by atoms with van der Waals surface area (Å²) in [6.45, 7) is 6.99. The fraction of sp³-hybridized carbons (Fsp3) is 0.529. The number of amides is 2. The average molecular weight is 305 g/mol. The molecule has 0 aromatic heterocycles. The van der Waals surface area contributed by atoms with Crippen molar-refractivity contribution in [2.75, 3.05) is 27.2 Å². The summed E-state index contributed by atoms with van der Waals surface area (Å²) in [5, 5.41) is 5.64. The molecule has 0 saturated carbocycles. The Morgan fingerprint density at radius 2 is 1.77 bits per heavy atom. The second-order valence-corrected chi connectivity index (χ2v) is 6.36. The number of aryl methyl sites for hydroxylation is 1. The van der Waals surface area contributed by atoms with Crippen LogP contribution in [-0.2, 0) is 16.1 Å². The van der Waals surface area contributed by atoms with Crippen molar-refractivity contribution >= 4 is 11.8 Å². The monoisotopic (exact) mass is 305 g/mol. The zero-order chi connectivity index (χ0) is 16.8. The van der Waals surface area contributed by atoms with Crippen LogP contribution >= 0.6 is 0 Å². The number of rotatable bonds is 7. The number of hydrogen-bond donors (Lipinski definition) is 2. The molecular formula is C17H27N3O2. The highest BCUT2D eigenvalue weighted by atomic mass is 16.2. The Balaban J connectivity index is 2.53. The van der Waals surface area contributed by atoms with Crippen molar-refractivity contribution in [1.82, 2.24) is 15.5 Å². The molecule has 2 amide bonds.